The van der Waals surface area contributed by atoms with Gasteiger partial charge in [-0.25, -0.2) is 12.9 Å². The topological polar surface area (TPSA) is 117 Å². The van der Waals surface area contributed by atoms with Crippen molar-refractivity contribution >= 4 is 33.0 Å². The predicted molar refractivity (Wildman–Crippen MR) is 128 cm³/mol. The van der Waals surface area contributed by atoms with E-state index in [1.807, 2.05) is 18.2 Å². The van der Waals surface area contributed by atoms with Crippen molar-refractivity contribution in [1.29, 1.82) is 0 Å². The van der Waals surface area contributed by atoms with Crippen LogP contribution >= 0.6 is 0 Å². The van der Waals surface area contributed by atoms with Gasteiger partial charge in [0.25, 0.3) is 5.91 Å². The first-order chi connectivity index (χ1) is 16.3. The van der Waals surface area contributed by atoms with E-state index in [9.17, 15) is 18.3 Å². The number of pyridine rings is 1. The molecule has 1 amide bonds. The highest BCUT2D eigenvalue weighted by Crippen LogP contribution is 2.27. The van der Waals surface area contributed by atoms with E-state index in [2.05, 4.69) is 15.4 Å². The number of rotatable bonds is 5. The maximum Gasteiger partial charge on any atom is 0.253 e. The van der Waals surface area contributed by atoms with Crippen LogP contribution in [0.2, 0.25) is 0 Å². The molecule has 34 heavy (non-hydrogen) atoms. The molecule has 0 bridgehead atoms. The number of fused-ring (bicyclic) bond motifs is 1. The number of anilines is 2. The molecule has 10 heteroatoms. The lowest BCUT2D eigenvalue weighted by Gasteiger charge is -2.15. The number of sulfone groups is 1. The van der Waals surface area contributed by atoms with Crippen LogP contribution in [0.3, 0.4) is 0 Å². The minimum atomic E-state index is -3.33. The van der Waals surface area contributed by atoms with Crippen LogP contribution in [0.15, 0.2) is 71.8 Å². The van der Waals surface area contributed by atoms with Crippen molar-refractivity contribution in [1.82, 2.24) is 19.5 Å². The molecule has 0 saturated carbocycles. The van der Waals surface area contributed by atoms with Gasteiger partial charge in [0.15, 0.2) is 15.5 Å². The van der Waals surface area contributed by atoms with Gasteiger partial charge in [-0.1, -0.05) is 12.1 Å². The summed E-state index contributed by atoms with van der Waals surface area (Å²) in [5, 5.41) is 17.3. The first-order valence-corrected chi connectivity index (χ1v) is 12.7. The molecular formula is C24H23N5O4S. The molecule has 1 aliphatic heterocycles. The zero-order valence-electron chi connectivity index (χ0n) is 18.4. The molecule has 0 aliphatic carbocycles. The SMILES string of the molecule is CS(=O)(=O)c1cccc(-c2cccn3nc(Nc4ccc(C(=O)N5CC[C@@H](O)C5)cc4)nc23)c1. The normalized spacial score (nSPS) is 16.2. The fourth-order valence-corrected chi connectivity index (χ4v) is 4.68. The van der Waals surface area contributed by atoms with Crippen LogP contribution in [-0.4, -0.2) is 64.4 Å². The van der Waals surface area contributed by atoms with Crippen LogP contribution in [-0.2, 0) is 9.84 Å². The maximum atomic E-state index is 12.6. The number of hydrogen-bond donors (Lipinski definition) is 2. The van der Waals surface area contributed by atoms with Gasteiger partial charge in [0, 0.05) is 42.4 Å². The predicted octanol–water partition coefficient (Wildman–Crippen LogP) is 2.75. The van der Waals surface area contributed by atoms with Gasteiger partial charge in [0.1, 0.15) is 0 Å². The number of carbonyl (C=O) groups excluding carboxylic acids is 1. The van der Waals surface area contributed by atoms with Crippen LogP contribution in [0.1, 0.15) is 16.8 Å². The number of hydrogen-bond acceptors (Lipinski definition) is 7. The zero-order chi connectivity index (χ0) is 23.9. The Morgan fingerprint density at radius 1 is 1.12 bits per heavy atom. The second kappa shape index (κ2) is 8.54. The highest BCUT2D eigenvalue weighted by atomic mass is 32.2. The third-order valence-corrected chi connectivity index (χ3v) is 6.88. The smallest absolute Gasteiger partial charge is 0.253 e. The number of nitrogens with zero attached hydrogens (tertiary/aromatic N) is 4. The summed E-state index contributed by atoms with van der Waals surface area (Å²) in [6.45, 7) is 0.917. The van der Waals surface area contributed by atoms with E-state index in [0.29, 0.717) is 36.7 Å². The van der Waals surface area contributed by atoms with E-state index >= 15 is 0 Å². The monoisotopic (exact) mass is 477 g/mol. The van der Waals surface area contributed by atoms with Crippen LogP contribution in [0.4, 0.5) is 11.6 Å². The molecule has 2 aromatic heterocycles. The van der Waals surface area contributed by atoms with Gasteiger partial charge in [0.05, 0.1) is 11.0 Å². The van der Waals surface area contributed by atoms with Gasteiger partial charge in [0.2, 0.25) is 5.95 Å². The number of amides is 1. The molecule has 2 N–H and O–H groups in total. The van der Waals surface area contributed by atoms with Crippen LogP contribution in [0.25, 0.3) is 16.8 Å². The van der Waals surface area contributed by atoms with Crippen molar-refractivity contribution in [3.63, 3.8) is 0 Å². The Morgan fingerprint density at radius 2 is 1.91 bits per heavy atom. The van der Waals surface area contributed by atoms with Crippen LogP contribution in [0, 0.1) is 0 Å². The largest absolute Gasteiger partial charge is 0.391 e. The Morgan fingerprint density at radius 3 is 2.62 bits per heavy atom. The standard InChI is InChI=1S/C24H23N5O4S/c1-34(32,33)20-5-2-4-17(14-20)21-6-3-12-29-22(21)26-24(27-29)25-18-9-7-16(8-10-18)23(31)28-13-11-19(30)15-28/h2-10,12,14,19,30H,11,13,15H2,1H3,(H,25,27)/t19-/m1/s1. The van der Waals surface area contributed by atoms with Crippen molar-refractivity contribution in [2.45, 2.75) is 17.4 Å². The number of likely N-dealkylation sites (tertiary alicyclic amines) is 1. The Bertz CT molecular complexity index is 1480. The molecule has 0 spiro atoms. The number of nitrogens with one attached hydrogen (secondary N) is 1. The molecule has 1 saturated heterocycles. The fraction of sp³-hybridized carbons (Fsp3) is 0.208. The number of β-amino-alcohol motifs (C(OH)–C–C–N with tert-alkyl or cyclic N) is 1. The van der Waals surface area contributed by atoms with Gasteiger partial charge in [-0.2, -0.15) is 4.98 Å². The molecule has 1 fully saturated rings. The average Bonchev–Trinajstić information content (AvgIpc) is 3.44. The molecule has 5 rings (SSSR count). The molecule has 9 nitrogen and oxygen atoms in total. The van der Waals surface area contributed by atoms with E-state index in [1.54, 1.807) is 58.1 Å². The summed E-state index contributed by atoms with van der Waals surface area (Å²) < 4.78 is 25.6. The minimum Gasteiger partial charge on any atom is -0.391 e. The molecular weight excluding hydrogens is 454 g/mol. The van der Waals surface area contributed by atoms with Gasteiger partial charge in [-0.3, -0.25) is 4.79 Å². The number of benzene rings is 2. The van der Waals surface area contributed by atoms with Crippen molar-refractivity contribution in [3.8, 4) is 11.1 Å². The maximum absolute atomic E-state index is 12.6. The highest BCUT2D eigenvalue weighted by Gasteiger charge is 2.25. The van der Waals surface area contributed by atoms with E-state index in [1.165, 1.54) is 6.26 Å². The average molecular weight is 478 g/mol. The zero-order valence-corrected chi connectivity index (χ0v) is 19.2. The second-order valence-corrected chi connectivity index (χ2v) is 10.3. The third kappa shape index (κ3) is 4.37. The summed E-state index contributed by atoms with van der Waals surface area (Å²) in [7, 11) is -3.33. The third-order valence-electron chi connectivity index (χ3n) is 5.77. The second-order valence-electron chi connectivity index (χ2n) is 8.32. The molecule has 1 aliphatic rings. The Hall–Kier alpha value is -3.76. The van der Waals surface area contributed by atoms with Gasteiger partial charge in [-0.15, -0.1) is 5.10 Å². The Balaban J connectivity index is 1.39. The molecule has 174 valence electrons. The van der Waals surface area contributed by atoms with Crippen molar-refractivity contribution in [2.24, 2.45) is 0 Å². The number of aliphatic hydroxyl groups is 1. The van der Waals surface area contributed by atoms with Crippen molar-refractivity contribution in [2.75, 3.05) is 24.7 Å². The lowest BCUT2D eigenvalue weighted by Crippen LogP contribution is -2.29. The van der Waals surface area contributed by atoms with Gasteiger partial charge < -0.3 is 15.3 Å². The molecule has 0 unspecified atom stereocenters. The summed E-state index contributed by atoms with van der Waals surface area (Å²) in [4.78, 5) is 19.0. The van der Waals surface area contributed by atoms with Gasteiger partial charge >= 0.3 is 0 Å². The van der Waals surface area contributed by atoms with Crippen LogP contribution < -0.4 is 5.32 Å². The summed E-state index contributed by atoms with van der Waals surface area (Å²) in [6, 6.07) is 17.4. The molecule has 0 radical (unpaired) electrons. The number of aliphatic hydroxyl groups excluding tert-OH is 1. The summed E-state index contributed by atoms with van der Waals surface area (Å²) in [6.07, 6.45) is 3.10. The number of aromatic nitrogens is 3. The Labute approximate surface area is 196 Å². The lowest BCUT2D eigenvalue weighted by atomic mass is 10.1. The minimum absolute atomic E-state index is 0.102. The Kier molecular flexibility index (Phi) is 5.54. The van der Waals surface area contributed by atoms with E-state index < -0.39 is 15.9 Å². The molecule has 4 aromatic rings. The first kappa shape index (κ1) is 22.1. The molecule has 2 aromatic carbocycles. The summed E-state index contributed by atoms with van der Waals surface area (Å²) in [5.41, 5.74) is 3.32. The van der Waals surface area contributed by atoms with Crippen LogP contribution in [0.5, 0.6) is 0 Å². The fourth-order valence-electron chi connectivity index (χ4n) is 4.01. The number of carbonyl (C=O) groups is 1. The first-order valence-electron chi connectivity index (χ1n) is 10.8. The van der Waals surface area contributed by atoms with E-state index in [0.717, 1.165) is 16.8 Å². The summed E-state index contributed by atoms with van der Waals surface area (Å²) >= 11 is 0. The molecule has 3 heterocycles. The van der Waals surface area contributed by atoms with Crippen molar-refractivity contribution < 1.29 is 18.3 Å². The van der Waals surface area contributed by atoms with Gasteiger partial charge in [-0.05, 0) is 60.5 Å². The van der Waals surface area contributed by atoms with Crippen molar-refractivity contribution in [3.05, 3.63) is 72.4 Å². The highest BCUT2D eigenvalue weighted by molar-refractivity contribution is 7.90. The molecule has 1 atom stereocenters. The van der Waals surface area contributed by atoms with E-state index in [4.69, 9.17) is 0 Å². The lowest BCUT2D eigenvalue weighted by molar-refractivity contribution is 0.0765. The van der Waals surface area contributed by atoms with E-state index in [-0.39, 0.29) is 10.8 Å². The summed E-state index contributed by atoms with van der Waals surface area (Å²) in [5.74, 6) is 0.267. The quantitative estimate of drug-likeness (QED) is 0.454.